The second-order valence-electron chi connectivity index (χ2n) is 12.2. The minimum atomic E-state index is -0.532. The van der Waals surface area contributed by atoms with Crippen LogP contribution in [0.25, 0.3) is 0 Å². The number of allylic oxidation sites excluding steroid dienone is 1. The van der Waals surface area contributed by atoms with Crippen LogP contribution in [0.1, 0.15) is 98.8 Å². The first-order valence-corrected chi connectivity index (χ1v) is 12.6. The Bertz CT molecular complexity index is 631. The third-order valence-corrected chi connectivity index (χ3v) is 10.0. The lowest BCUT2D eigenvalue weighted by molar-refractivity contribution is -0.0585. The molecule has 0 amide bonds. The number of hydrogen-bond donors (Lipinski definition) is 2. The van der Waals surface area contributed by atoms with Crippen molar-refractivity contribution < 1.29 is 10.2 Å². The summed E-state index contributed by atoms with van der Waals surface area (Å²) in [5.74, 6) is 4.11. The highest BCUT2D eigenvalue weighted by Gasteiger charge is 2.59. The summed E-state index contributed by atoms with van der Waals surface area (Å²) in [4.78, 5) is 0. The maximum Gasteiger partial charge on any atom is 0.0591 e. The summed E-state index contributed by atoms with van der Waals surface area (Å²) < 4.78 is 0. The largest absolute Gasteiger partial charge is 0.393 e. The molecule has 2 heteroatoms. The van der Waals surface area contributed by atoms with Crippen molar-refractivity contribution in [3.8, 4) is 0 Å². The molecule has 4 rings (SSSR count). The number of aliphatic hydroxyl groups excluding tert-OH is 1. The first kappa shape index (κ1) is 24.1. The Morgan fingerprint density at radius 1 is 1.10 bits per heavy atom. The first-order chi connectivity index (χ1) is 14.0. The maximum atomic E-state index is 10.2. The molecule has 0 aromatic heterocycles. The summed E-state index contributed by atoms with van der Waals surface area (Å²) in [6.07, 6.45) is 14.5. The van der Waals surface area contributed by atoms with Crippen LogP contribution in [-0.4, -0.2) is 21.9 Å². The van der Waals surface area contributed by atoms with Gasteiger partial charge in [-0.15, -0.1) is 13.2 Å². The molecule has 0 bridgehead atoms. The summed E-state index contributed by atoms with van der Waals surface area (Å²) >= 11 is 0. The SMILES string of the molecule is C=C.CC(CCC(C)(C)O)C1CCC2C3CC=C4CC(O)CCC4(C)C3CCC12C. The highest BCUT2D eigenvalue weighted by molar-refractivity contribution is 5.25. The average molecular weight is 417 g/mol. The number of aliphatic hydroxyl groups is 2. The molecule has 8 atom stereocenters. The standard InChI is InChI=1S/C26H44O2.C2H4/c1-17(10-13-24(2,3)28)21-8-9-22-20-7-6-18-16-19(27)11-14-25(18,4)23(20)12-15-26(21,22)5;1-2/h6,17,19-23,27-28H,7-16H2,1-5H3;1-2H2. The van der Waals surface area contributed by atoms with Crippen molar-refractivity contribution in [3.63, 3.8) is 0 Å². The molecule has 0 saturated heterocycles. The van der Waals surface area contributed by atoms with Crippen molar-refractivity contribution in [2.75, 3.05) is 0 Å². The molecule has 3 saturated carbocycles. The molecule has 0 heterocycles. The highest BCUT2D eigenvalue weighted by atomic mass is 16.3. The minimum Gasteiger partial charge on any atom is -0.393 e. The van der Waals surface area contributed by atoms with E-state index in [4.69, 9.17) is 0 Å². The van der Waals surface area contributed by atoms with E-state index in [0.717, 1.165) is 49.4 Å². The molecule has 0 aromatic carbocycles. The van der Waals surface area contributed by atoms with Crippen molar-refractivity contribution >= 4 is 0 Å². The summed E-state index contributed by atoms with van der Waals surface area (Å²) in [5, 5.41) is 20.4. The van der Waals surface area contributed by atoms with Crippen molar-refractivity contribution in [1.29, 1.82) is 0 Å². The van der Waals surface area contributed by atoms with Crippen LogP contribution in [0.2, 0.25) is 0 Å². The molecule has 2 nitrogen and oxygen atoms in total. The first-order valence-electron chi connectivity index (χ1n) is 12.6. The zero-order valence-electron chi connectivity index (χ0n) is 20.4. The summed E-state index contributed by atoms with van der Waals surface area (Å²) in [7, 11) is 0. The van der Waals surface area contributed by atoms with Crippen LogP contribution < -0.4 is 0 Å². The Labute approximate surface area is 186 Å². The van der Waals surface area contributed by atoms with Gasteiger partial charge in [0.15, 0.2) is 0 Å². The van der Waals surface area contributed by atoms with Gasteiger partial charge in [-0.2, -0.15) is 0 Å². The van der Waals surface area contributed by atoms with Crippen LogP contribution >= 0.6 is 0 Å². The zero-order valence-corrected chi connectivity index (χ0v) is 20.4. The van der Waals surface area contributed by atoms with Gasteiger partial charge in [0, 0.05) is 0 Å². The molecule has 0 spiro atoms. The molecular formula is C28H48O2. The van der Waals surface area contributed by atoms with Crippen molar-refractivity contribution in [1.82, 2.24) is 0 Å². The van der Waals surface area contributed by atoms with Gasteiger partial charge < -0.3 is 10.2 Å². The van der Waals surface area contributed by atoms with Crippen molar-refractivity contribution in [2.24, 2.45) is 40.4 Å². The van der Waals surface area contributed by atoms with Gasteiger partial charge in [0.25, 0.3) is 0 Å². The molecule has 0 aliphatic heterocycles. The maximum absolute atomic E-state index is 10.2. The third-order valence-electron chi connectivity index (χ3n) is 10.0. The van der Waals surface area contributed by atoms with Gasteiger partial charge in [-0.3, -0.25) is 0 Å². The molecule has 4 aliphatic rings. The number of hydrogen-bond acceptors (Lipinski definition) is 2. The van der Waals surface area contributed by atoms with Gasteiger partial charge in [-0.25, -0.2) is 0 Å². The fourth-order valence-corrected chi connectivity index (χ4v) is 8.40. The van der Waals surface area contributed by atoms with Gasteiger partial charge in [0.05, 0.1) is 11.7 Å². The third kappa shape index (κ3) is 4.20. The van der Waals surface area contributed by atoms with Crippen LogP contribution in [0, 0.1) is 40.4 Å². The van der Waals surface area contributed by atoms with E-state index >= 15 is 0 Å². The lowest BCUT2D eigenvalue weighted by atomic mass is 9.47. The molecule has 0 radical (unpaired) electrons. The van der Waals surface area contributed by atoms with E-state index in [1.54, 1.807) is 5.57 Å². The Kier molecular flexibility index (Phi) is 7.00. The molecule has 2 N–H and O–H groups in total. The van der Waals surface area contributed by atoms with E-state index < -0.39 is 5.60 Å². The Balaban J connectivity index is 0.00000124. The van der Waals surface area contributed by atoms with Crippen molar-refractivity contribution in [2.45, 2.75) is 111 Å². The molecular weight excluding hydrogens is 368 g/mol. The zero-order chi connectivity index (χ0) is 22.3. The lowest BCUT2D eigenvalue weighted by Gasteiger charge is -2.58. The second kappa shape index (κ2) is 8.74. The van der Waals surface area contributed by atoms with Gasteiger partial charge in [0.1, 0.15) is 0 Å². The minimum absolute atomic E-state index is 0.0998. The Hall–Kier alpha value is -0.600. The molecule has 30 heavy (non-hydrogen) atoms. The number of fused-ring (bicyclic) bond motifs is 5. The highest BCUT2D eigenvalue weighted by Crippen LogP contribution is 2.67. The lowest BCUT2D eigenvalue weighted by Crippen LogP contribution is -2.50. The summed E-state index contributed by atoms with van der Waals surface area (Å²) in [6.45, 7) is 17.5. The summed E-state index contributed by atoms with van der Waals surface area (Å²) in [5.41, 5.74) is 1.91. The molecule has 172 valence electrons. The van der Waals surface area contributed by atoms with Crippen LogP contribution in [0.3, 0.4) is 0 Å². The normalized spacial score (nSPS) is 44.0. The van der Waals surface area contributed by atoms with E-state index in [1.807, 2.05) is 13.8 Å². The van der Waals surface area contributed by atoms with E-state index in [1.165, 1.54) is 38.5 Å². The average Bonchev–Trinajstić information content (AvgIpc) is 3.05. The van der Waals surface area contributed by atoms with Gasteiger partial charge in [0.2, 0.25) is 0 Å². The predicted molar refractivity (Wildman–Crippen MR) is 127 cm³/mol. The predicted octanol–water partition coefficient (Wildman–Crippen LogP) is 6.92. The topological polar surface area (TPSA) is 40.5 Å². The van der Waals surface area contributed by atoms with Crippen LogP contribution in [-0.2, 0) is 0 Å². The smallest absolute Gasteiger partial charge is 0.0591 e. The fourth-order valence-electron chi connectivity index (χ4n) is 8.40. The molecule has 8 unspecified atom stereocenters. The molecule has 0 aromatic rings. The van der Waals surface area contributed by atoms with Crippen LogP contribution in [0.4, 0.5) is 0 Å². The monoisotopic (exact) mass is 416 g/mol. The fraction of sp³-hybridized carbons (Fsp3) is 0.857. The van der Waals surface area contributed by atoms with E-state index in [0.29, 0.717) is 16.7 Å². The summed E-state index contributed by atoms with van der Waals surface area (Å²) in [6, 6.07) is 0. The number of rotatable bonds is 4. The van der Waals surface area contributed by atoms with Gasteiger partial charge in [-0.05, 0) is 118 Å². The van der Waals surface area contributed by atoms with Crippen LogP contribution in [0.15, 0.2) is 24.8 Å². The second-order valence-corrected chi connectivity index (χ2v) is 12.2. The molecule has 3 fully saturated rings. The van der Waals surface area contributed by atoms with Crippen LogP contribution in [0.5, 0.6) is 0 Å². The van der Waals surface area contributed by atoms with Crippen molar-refractivity contribution in [3.05, 3.63) is 24.8 Å². The molecule has 4 aliphatic carbocycles. The van der Waals surface area contributed by atoms with Gasteiger partial charge >= 0.3 is 0 Å². The quantitative estimate of drug-likeness (QED) is 0.488. The van der Waals surface area contributed by atoms with Gasteiger partial charge in [-0.1, -0.05) is 32.4 Å². The van der Waals surface area contributed by atoms with E-state index in [-0.39, 0.29) is 6.10 Å². The van der Waals surface area contributed by atoms with E-state index in [9.17, 15) is 10.2 Å². The Morgan fingerprint density at radius 3 is 2.47 bits per heavy atom. The Morgan fingerprint density at radius 2 is 1.80 bits per heavy atom. The van der Waals surface area contributed by atoms with E-state index in [2.05, 4.69) is 40.0 Å².